The van der Waals surface area contributed by atoms with Crippen molar-refractivity contribution >= 4 is 23.4 Å². The summed E-state index contributed by atoms with van der Waals surface area (Å²) >= 11 is 6.33. The fourth-order valence-electron chi connectivity index (χ4n) is 4.99. The summed E-state index contributed by atoms with van der Waals surface area (Å²) in [7, 11) is 0. The molecular weight excluding hydrogens is 454 g/mol. The van der Waals surface area contributed by atoms with E-state index in [2.05, 4.69) is 24.1 Å². The summed E-state index contributed by atoms with van der Waals surface area (Å²) in [6.45, 7) is 14.5. The Morgan fingerprint density at radius 1 is 1.21 bits per heavy atom. The number of ether oxygens (including phenoxy) is 2. The Kier molecular flexibility index (Phi) is 9.24. The first-order valence-corrected chi connectivity index (χ1v) is 12.8. The maximum Gasteiger partial charge on any atom is 0.225 e. The zero-order chi connectivity index (χ0) is 24.9. The minimum Gasteiger partial charge on any atom is -0.490 e. The summed E-state index contributed by atoms with van der Waals surface area (Å²) in [6.07, 6.45) is 1.83. The van der Waals surface area contributed by atoms with E-state index in [1.807, 2.05) is 30.9 Å². The number of halogens is 1. The third-order valence-electron chi connectivity index (χ3n) is 6.59. The molecule has 7 nitrogen and oxygen atoms in total. The lowest BCUT2D eigenvalue weighted by molar-refractivity contribution is -0.157. The van der Waals surface area contributed by atoms with Crippen molar-refractivity contribution in [3.05, 3.63) is 28.3 Å². The number of aryl methyl sites for hydroxylation is 2. The molecule has 1 aromatic carbocycles. The molecule has 1 N–H and O–H groups in total. The van der Waals surface area contributed by atoms with Crippen LogP contribution in [0, 0.1) is 19.8 Å². The first kappa shape index (κ1) is 26.8. The van der Waals surface area contributed by atoms with Gasteiger partial charge in [0.1, 0.15) is 18.0 Å². The fraction of sp³-hybridized carbons (Fsp3) is 0.692. The number of benzene rings is 1. The summed E-state index contributed by atoms with van der Waals surface area (Å²) in [5.74, 6) is 1.34. The highest BCUT2D eigenvalue weighted by atomic mass is 35.5. The Bertz CT molecular complexity index is 847. The van der Waals surface area contributed by atoms with Gasteiger partial charge in [0.2, 0.25) is 11.8 Å². The topological polar surface area (TPSA) is 71.1 Å². The van der Waals surface area contributed by atoms with Gasteiger partial charge < -0.3 is 19.7 Å². The summed E-state index contributed by atoms with van der Waals surface area (Å²) < 4.78 is 12.6. The van der Waals surface area contributed by atoms with E-state index in [0.29, 0.717) is 38.8 Å². The number of rotatable bonds is 8. The molecule has 2 amide bonds. The van der Waals surface area contributed by atoms with Gasteiger partial charge in [-0.25, -0.2) is 0 Å². The highest BCUT2D eigenvalue weighted by Crippen LogP contribution is 2.29. The van der Waals surface area contributed by atoms with Crippen LogP contribution in [0.5, 0.6) is 5.75 Å². The molecule has 34 heavy (non-hydrogen) atoms. The lowest BCUT2D eigenvalue weighted by atomic mass is 9.95. The van der Waals surface area contributed by atoms with Crippen LogP contribution in [0.1, 0.15) is 51.2 Å². The van der Waals surface area contributed by atoms with E-state index in [0.717, 1.165) is 47.8 Å². The number of morpholine rings is 1. The monoisotopic (exact) mass is 493 g/mol. The lowest BCUT2D eigenvalue weighted by Gasteiger charge is -2.44. The number of nitrogens with zero attached hydrogens (tertiary/aromatic N) is 2. The molecule has 0 unspecified atom stereocenters. The van der Waals surface area contributed by atoms with Crippen LogP contribution in [-0.4, -0.2) is 79.2 Å². The first-order valence-electron chi connectivity index (χ1n) is 12.4. The lowest BCUT2D eigenvalue weighted by Crippen LogP contribution is -2.58. The van der Waals surface area contributed by atoms with Crippen molar-refractivity contribution in [3.63, 3.8) is 0 Å². The molecule has 0 aromatic heterocycles. The molecule has 0 aliphatic carbocycles. The Labute approximate surface area is 209 Å². The van der Waals surface area contributed by atoms with E-state index in [1.165, 1.54) is 6.92 Å². The highest BCUT2D eigenvalue weighted by Gasteiger charge is 2.41. The number of hydrogen-bond donors (Lipinski definition) is 1. The third kappa shape index (κ3) is 7.33. The van der Waals surface area contributed by atoms with E-state index < -0.39 is 5.60 Å². The van der Waals surface area contributed by atoms with Gasteiger partial charge in [0.25, 0.3) is 0 Å². The minimum atomic E-state index is -0.708. The van der Waals surface area contributed by atoms with E-state index >= 15 is 0 Å². The maximum absolute atomic E-state index is 13.4. The Hall–Kier alpha value is -1.83. The molecule has 3 rings (SSSR count). The van der Waals surface area contributed by atoms with Gasteiger partial charge >= 0.3 is 0 Å². The Morgan fingerprint density at radius 2 is 1.85 bits per heavy atom. The molecule has 2 aliphatic heterocycles. The molecule has 190 valence electrons. The van der Waals surface area contributed by atoms with Crippen molar-refractivity contribution in [2.24, 2.45) is 5.92 Å². The van der Waals surface area contributed by atoms with Gasteiger partial charge in [0.05, 0.1) is 13.0 Å². The predicted molar refractivity (Wildman–Crippen MR) is 134 cm³/mol. The van der Waals surface area contributed by atoms with Gasteiger partial charge in [-0.1, -0.05) is 25.4 Å². The average Bonchev–Trinajstić information content (AvgIpc) is 2.76. The van der Waals surface area contributed by atoms with Gasteiger partial charge in [-0.3, -0.25) is 14.5 Å². The zero-order valence-electron chi connectivity index (χ0n) is 21.3. The molecule has 2 heterocycles. The minimum absolute atomic E-state index is 0.0191. The molecule has 0 saturated carbocycles. The van der Waals surface area contributed by atoms with Crippen LogP contribution in [-0.2, 0) is 14.3 Å². The summed E-state index contributed by atoms with van der Waals surface area (Å²) in [5, 5.41) is 3.71. The van der Waals surface area contributed by atoms with Crippen LogP contribution >= 0.6 is 11.6 Å². The Balaban J connectivity index is 1.70. The molecule has 0 radical (unpaired) electrons. The SMILES string of the molecule is CC(=O)NC1CCN(C(=O)C[C@]2(COc3cc(C)c(Cl)c(C)c3)CN(CC(C)C)CCO2)CC1. The quantitative estimate of drug-likeness (QED) is 0.599. The smallest absolute Gasteiger partial charge is 0.225 e. The van der Waals surface area contributed by atoms with Gasteiger partial charge in [0.15, 0.2) is 0 Å². The molecular formula is C26H40ClN3O4. The summed E-state index contributed by atoms with van der Waals surface area (Å²) in [5.41, 5.74) is 1.23. The number of amides is 2. The van der Waals surface area contributed by atoms with Crippen molar-refractivity contribution < 1.29 is 19.1 Å². The van der Waals surface area contributed by atoms with Crippen LogP contribution < -0.4 is 10.1 Å². The molecule has 1 atom stereocenters. The molecule has 8 heteroatoms. The van der Waals surface area contributed by atoms with E-state index in [-0.39, 0.29) is 24.3 Å². The zero-order valence-corrected chi connectivity index (χ0v) is 22.0. The number of hydrogen-bond acceptors (Lipinski definition) is 5. The van der Waals surface area contributed by atoms with Gasteiger partial charge in [0, 0.05) is 50.7 Å². The molecule has 1 aromatic rings. The van der Waals surface area contributed by atoms with Crippen LogP contribution in [0.4, 0.5) is 0 Å². The number of nitrogens with one attached hydrogen (secondary N) is 1. The van der Waals surface area contributed by atoms with E-state index in [4.69, 9.17) is 21.1 Å². The van der Waals surface area contributed by atoms with Crippen LogP contribution in [0.3, 0.4) is 0 Å². The second-order valence-electron chi connectivity index (χ2n) is 10.4. The maximum atomic E-state index is 13.4. The fourth-order valence-corrected chi connectivity index (χ4v) is 5.10. The summed E-state index contributed by atoms with van der Waals surface area (Å²) in [4.78, 5) is 29.0. The number of carbonyl (C=O) groups is 2. The van der Waals surface area contributed by atoms with Crippen molar-refractivity contribution in [3.8, 4) is 5.75 Å². The number of likely N-dealkylation sites (tertiary alicyclic amines) is 1. The van der Waals surface area contributed by atoms with Crippen LogP contribution in [0.25, 0.3) is 0 Å². The van der Waals surface area contributed by atoms with E-state index in [9.17, 15) is 9.59 Å². The predicted octanol–water partition coefficient (Wildman–Crippen LogP) is 3.58. The van der Waals surface area contributed by atoms with Gasteiger partial charge in [-0.15, -0.1) is 0 Å². The molecule has 2 fully saturated rings. The van der Waals surface area contributed by atoms with Crippen LogP contribution in [0.15, 0.2) is 12.1 Å². The highest BCUT2D eigenvalue weighted by molar-refractivity contribution is 6.32. The van der Waals surface area contributed by atoms with Crippen LogP contribution in [0.2, 0.25) is 5.02 Å². The number of piperidine rings is 1. The normalized spacial score (nSPS) is 22.1. The molecule has 0 spiro atoms. The van der Waals surface area contributed by atoms with Crippen molar-refractivity contribution in [2.75, 3.05) is 45.9 Å². The second kappa shape index (κ2) is 11.7. The largest absolute Gasteiger partial charge is 0.490 e. The first-order chi connectivity index (χ1) is 16.1. The molecule has 2 saturated heterocycles. The Morgan fingerprint density at radius 3 is 2.44 bits per heavy atom. The van der Waals surface area contributed by atoms with Crippen molar-refractivity contribution in [1.29, 1.82) is 0 Å². The average molecular weight is 494 g/mol. The van der Waals surface area contributed by atoms with Gasteiger partial charge in [-0.2, -0.15) is 0 Å². The second-order valence-corrected chi connectivity index (χ2v) is 10.7. The molecule has 2 aliphatic rings. The van der Waals surface area contributed by atoms with Crippen molar-refractivity contribution in [2.45, 2.75) is 65.5 Å². The standard InChI is InChI=1S/C26H40ClN3O4/c1-18(2)15-29-10-11-34-26(16-29,17-33-23-12-19(3)25(27)20(4)13-23)14-24(32)30-8-6-22(7-9-30)28-21(5)31/h12-13,18,22H,6-11,14-17H2,1-5H3,(H,28,31)/t26-/m1/s1. The molecule has 0 bridgehead atoms. The van der Waals surface area contributed by atoms with E-state index in [1.54, 1.807) is 0 Å². The third-order valence-corrected chi connectivity index (χ3v) is 7.19. The van der Waals surface area contributed by atoms with Gasteiger partial charge in [-0.05, 0) is 55.9 Å². The summed E-state index contributed by atoms with van der Waals surface area (Å²) in [6, 6.07) is 4.02. The van der Waals surface area contributed by atoms with Crippen molar-refractivity contribution in [1.82, 2.24) is 15.1 Å². The number of carbonyl (C=O) groups excluding carboxylic acids is 2.